The number of benzene rings is 3. The summed E-state index contributed by atoms with van der Waals surface area (Å²) in [5, 5.41) is 11.7. The van der Waals surface area contributed by atoms with Crippen LogP contribution in [0.5, 0.6) is 11.5 Å². The highest BCUT2D eigenvalue weighted by Crippen LogP contribution is 2.46. The summed E-state index contributed by atoms with van der Waals surface area (Å²) in [6, 6.07) is 17.4. The zero-order chi connectivity index (χ0) is 19.8. The lowest BCUT2D eigenvalue weighted by molar-refractivity contribution is -0.383. The maximum atomic E-state index is 12.9. The van der Waals surface area contributed by atoms with Crippen molar-refractivity contribution in [1.82, 2.24) is 0 Å². The summed E-state index contributed by atoms with van der Waals surface area (Å²) in [5.74, 6) is -0.986. The molecule has 0 unspecified atom stereocenters. The molecule has 0 aliphatic carbocycles. The molecule has 8 nitrogen and oxygen atoms in total. The van der Waals surface area contributed by atoms with Crippen LogP contribution in [0.4, 0.5) is 17.1 Å². The summed E-state index contributed by atoms with van der Waals surface area (Å²) >= 11 is 0. The molecule has 1 aliphatic heterocycles. The van der Waals surface area contributed by atoms with Crippen molar-refractivity contribution in [3.8, 4) is 11.5 Å². The molecule has 0 radical (unpaired) electrons. The molecule has 2 N–H and O–H groups in total. The Bertz CT molecular complexity index is 1090. The Hall–Kier alpha value is -4.20. The SMILES string of the molecule is Nc1ccc(Oc2ccccc2)c(N2C(=O)c3ccccc3C2=O)c1[N+](=O)[O-]. The lowest BCUT2D eigenvalue weighted by Crippen LogP contribution is -2.30. The number of nitrogens with two attached hydrogens (primary N) is 1. The Morgan fingerprint density at radius 3 is 2.00 bits per heavy atom. The molecule has 3 aromatic rings. The molecule has 28 heavy (non-hydrogen) atoms. The number of rotatable bonds is 4. The molecule has 3 aromatic carbocycles. The molecule has 0 atom stereocenters. The van der Waals surface area contributed by atoms with E-state index in [9.17, 15) is 19.7 Å². The first-order valence-corrected chi connectivity index (χ1v) is 8.26. The van der Waals surface area contributed by atoms with Crippen LogP contribution in [-0.2, 0) is 0 Å². The summed E-state index contributed by atoms with van der Waals surface area (Å²) in [6.07, 6.45) is 0. The second-order valence-corrected chi connectivity index (χ2v) is 6.01. The van der Waals surface area contributed by atoms with Crippen LogP contribution in [0, 0.1) is 10.1 Å². The number of nitrogen functional groups attached to an aromatic ring is 1. The molecule has 8 heteroatoms. The van der Waals surface area contributed by atoms with E-state index in [1.807, 2.05) is 0 Å². The molecular formula is C20H13N3O5. The van der Waals surface area contributed by atoms with E-state index in [2.05, 4.69) is 0 Å². The van der Waals surface area contributed by atoms with E-state index < -0.39 is 22.4 Å². The van der Waals surface area contributed by atoms with Crippen LogP contribution in [0.3, 0.4) is 0 Å². The Kier molecular flexibility index (Phi) is 4.00. The smallest absolute Gasteiger partial charge is 0.319 e. The van der Waals surface area contributed by atoms with Crippen LogP contribution in [0.2, 0.25) is 0 Å². The number of amides is 2. The van der Waals surface area contributed by atoms with Crippen LogP contribution in [0.15, 0.2) is 66.7 Å². The van der Waals surface area contributed by atoms with Gasteiger partial charge in [-0.2, -0.15) is 0 Å². The number of carbonyl (C=O) groups excluding carboxylic acids is 2. The zero-order valence-corrected chi connectivity index (χ0v) is 14.4. The third kappa shape index (κ3) is 2.64. The monoisotopic (exact) mass is 375 g/mol. The van der Waals surface area contributed by atoms with Crippen molar-refractivity contribution in [1.29, 1.82) is 0 Å². The van der Waals surface area contributed by atoms with E-state index >= 15 is 0 Å². The summed E-state index contributed by atoms with van der Waals surface area (Å²) in [6.45, 7) is 0. The first-order chi connectivity index (χ1) is 13.5. The maximum absolute atomic E-state index is 12.9. The fourth-order valence-electron chi connectivity index (χ4n) is 3.07. The van der Waals surface area contributed by atoms with Crippen molar-refractivity contribution in [3.05, 3.63) is 88.0 Å². The number of nitro groups is 1. The van der Waals surface area contributed by atoms with Gasteiger partial charge in [0.1, 0.15) is 11.4 Å². The van der Waals surface area contributed by atoms with Crippen molar-refractivity contribution in [3.63, 3.8) is 0 Å². The van der Waals surface area contributed by atoms with Crippen LogP contribution >= 0.6 is 0 Å². The van der Waals surface area contributed by atoms with Crippen molar-refractivity contribution in [2.75, 3.05) is 10.6 Å². The van der Waals surface area contributed by atoms with Crippen LogP contribution < -0.4 is 15.4 Å². The summed E-state index contributed by atoms with van der Waals surface area (Å²) in [5.41, 5.74) is 5.08. The lowest BCUT2D eigenvalue weighted by Gasteiger charge is -2.19. The number of nitro benzene ring substituents is 1. The van der Waals surface area contributed by atoms with Gasteiger partial charge in [0.2, 0.25) is 0 Å². The predicted molar refractivity (Wildman–Crippen MR) is 102 cm³/mol. The molecule has 0 aromatic heterocycles. The first-order valence-electron chi connectivity index (χ1n) is 8.26. The number of imide groups is 1. The van der Waals surface area contributed by atoms with Gasteiger partial charge in [-0.15, -0.1) is 0 Å². The highest BCUT2D eigenvalue weighted by molar-refractivity contribution is 6.35. The number of hydrogen-bond donors (Lipinski definition) is 1. The maximum Gasteiger partial charge on any atom is 0.319 e. The normalized spacial score (nSPS) is 12.8. The highest BCUT2D eigenvalue weighted by Gasteiger charge is 2.42. The molecule has 1 aliphatic rings. The average Bonchev–Trinajstić information content (AvgIpc) is 2.94. The zero-order valence-electron chi connectivity index (χ0n) is 14.4. The second kappa shape index (κ2) is 6.51. The molecule has 1 heterocycles. The Morgan fingerprint density at radius 2 is 1.43 bits per heavy atom. The fourth-order valence-corrected chi connectivity index (χ4v) is 3.07. The van der Waals surface area contributed by atoms with Crippen LogP contribution in [-0.4, -0.2) is 16.7 Å². The van der Waals surface area contributed by atoms with Gasteiger partial charge in [0.25, 0.3) is 11.8 Å². The van der Waals surface area contributed by atoms with Gasteiger partial charge in [-0.05, 0) is 36.4 Å². The number of ether oxygens (including phenoxy) is 1. The van der Waals surface area contributed by atoms with Gasteiger partial charge in [-0.3, -0.25) is 19.7 Å². The van der Waals surface area contributed by atoms with Crippen molar-refractivity contribution >= 4 is 28.9 Å². The third-order valence-electron chi connectivity index (χ3n) is 4.32. The number of hydrogen-bond acceptors (Lipinski definition) is 6. The van der Waals surface area contributed by atoms with Crippen LogP contribution in [0.25, 0.3) is 0 Å². The van der Waals surface area contributed by atoms with E-state index in [0.29, 0.717) is 5.75 Å². The van der Waals surface area contributed by atoms with Gasteiger partial charge in [-0.1, -0.05) is 30.3 Å². The number of para-hydroxylation sites is 1. The molecule has 138 valence electrons. The molecule has 0 fully saturated rings. The van der Waals surface area contributed by atoms with Crippen molar-refractivity contribution in [2.45, 2.75) is 0 Å². The van der Waals surface area contributed by atoms with E-state index in [0.717, 1.165) is 4.90 Å². The molecule has 4 rings (SSSR count). The topological polar surface area (TPSA) is 116 Å². The van der Waals surface area contributed by atoms with E-state index in [4.69, 9.17) is 10.5 Å². The second-order valence-electron chi connectivity index (χ2n) is 6.01. The molecule has 0 saturated carbocycles. The van der Waals surface area contributed by atoms with Gasteiger partial charge < -0.3 is 10.5 Å². The standard InChI is InChI=1S/C20H13N3O5/c21-15-10-11-16(28-12-6-2-1-3-7-12)18(17(15)23(26)27)22-19(24)13-8-4-5-9-14(13)20(22)25/h1-11H,21H2. The number of anilines is 2. The number of fused-ring (bicyclic) bond motifs is 1. The van der Waals surface area contributed by atoms with E-state index in [1.54, 1.807) is 42.5 Å². The van der Waals surface area contributed by atoms with Crippen molar-refractivity contribution < 1.29 is 19.2 Å². The highest BCUT2D eigenvalue weighted by atomic mass is 16.6. The van der Waals surface area contributed by atoms with Crippen molar-refractivity contribution in [2.24, 2.45) is 0 Å². The average molecular weight is 375 g/mol. The summed E-state index contributed by atoms with van der Waals surface area (Å²) in [4.78, 5) is 37.5. The third-order valence-corrected chi connectivity index (χ3v) is 4.32. The summed E-state index contributed by atoms with van der Waals surface area (Å²) in [7, 11) is 0. The molecule has 0 saturated heterocycles. The predicted octanol–water partition coefficient (Wildman–Crippen LogP) is 3.77. The molecule has 2 amide bonds. The van der Waals surface area contributed by atoms with Crippen LogP contribution in [0.1, 0.15) is 20.7 Å². The van der Waals surface area contributed by atoms with E-state index in [1.165, 1.54) is 24.3 Å². The minimum absolute atomic E-state index is 0.0263. The Labute approximate surface area is 158 Å². The van der Waals surface area contributed by atoms with Gasteiger partial charge in [0.15, 0.2) is 11.4 Å². The largest absolute Gasteiger partial charge is 0.455 e. The van der Waals surface area contributed by atoms with Gasteiger partial charge >= 0.3 is 5.69 Å². The molecule has 0 bridgehead atoms. The fraction of sp³-hybridized carbons (Fsp3) is 0. The minimum atomic E-state index is -0.730. The first kappa shape index (κ1) is 17.2. The number of carbonyl (C=O) groups is 2. The molecular weight excluding hydrogens is 362 g/mol. The summed E-state index contributed by atoms with van der Waals surface area (Å²) < 4.78 is 5.76. The van der Waals surface area contributed by atoms with Gasteiger partial charge in [0, 0.05) is 0 Å². The van der Waals surface area contributed by atoms with Gasteiger partial charge in [0.05, 0.1) is 16.1 Å². The minimum Gasteiger partial charge on any atom is -0.455 e. The van der Waals surface area contributed by atoms with E-state index in [-0.39, 0.29) is 28.3 Å². The number of nitrogens with zero attached hydrogens (tertiary/aromatic N) is 2. The lowest BCUT2D eigenvalue weighted by atomic mass is 10.1. The molecule has 0 spiro atoms. The Morgan fingerprint density at radius 1 is 0.857 bits per heavy atom. The van der Waals surface area contributed by atoms with Gasteiger partial charge in [-0.25, -0.2) is 4.90 Å². The quantitative estimate of drug-likeness (QED) is 0.321. The Balaban J connectivity index is 1.92.